The number of anilines is 1. The molecule has 1 amide bonds. The fourth-order valence-electron chi connectivity index (χ4n) is 5.33. The van der Waals surface area contributed by atoms with Crippen molar-refractivity contribution in [2.24, 2.45) is 11.8 Å². The zero-order chi connectivity index (χ0) is 27.0. The first kappa shape index (κ1) is 24.9. The molecule has 10 heteroatoms. The van der Waals surface area contributed by atoms with Gasteiger partial charge in [0.05, 0.1) is 16.1 Å². The van der Waals surface area contributed by atoms with Gasteiger partial charge in [0.1, 0.15) is 12.7 Å². The highest BCUT2D eigenvalue weighted by Gasteiger charge is 2.44. The van der Waals surface area contributed by atoms with Gasteiger partial charge in [0.15, 0.2) is 5.65 Å². The molecule has 0 spiro atoms. The van der Waals surface area contributed by atoms with Crippen LogP contribution in [0.25, 0.3) is 11.0 Å². The number of benzene rings is 2. The fraction of sp³-hybridized carbons (Fsp3) is 0.276. The number of fused-ring (bicyclic) bond motifs is 1. The second kappa shape index (κ2) is 10.1. The van der Waals surface area contributed by atoms with Crippen molar-refractivity contribution in [3.8, 4) is 6.07 Å². The lowest BCUT2D eigenvalue weighted by atomic mass is 9.97. The van der Waals surface area contributed by atoms with Gasteiger partial charge in [-0.1, -0.05) is 48.5 Å². The first-order chi connectivity index (χ1) is 19.0. The van der Waals surface area contributed by atoms with E-state index >= 15 is 0 Å². The molecule has 1 saturated heterocycles. The Morgan fingerprint density at radius 2 is 1.77 bits per heavy atom. The number of nitrogens with one attached hydrogen (secondary N) is 1. The molecule has 198 valence electrons. The van der Waals surface area contributed by atoms with Crippen molar-refractivity contribution in [2.75, 3.05) is 18.4 Å². The Bertz CT molecular complexity index is 1660. The molecule has 0 radical (unpaired) electrons. The summed E-state index contributed by atoms with van der Waals surface area (Å²) in [6.45, 7) is 1.19. The number of carbonyl (C=O) groups excluding carboxylic acids is 1. The second-order valence-corrected chi connectivity index (χ2v) is 11.8. The third kappa shape index (κ3) is 4.81. The highest BCUT2D eigenvalue weighted by Crippen LogP contribution is 2.43. The number of nitrogens with zero attached hydrogens (tertiary/aromatic N) is 4. The van der Waals surface area contributed by atoms with Crippen LogP contribution in [-0.2, 0) is 21.4 Å². The molecule has 6 rings (SSSR count). The van der Waals surface area contributed by atoms with E-state index in [0.717, 1.165) is 22.4 Å². The maximum Gasteiger partial charge on any atom is 0.410 e. The molecule has 2 aliphatic rings. The third-order valence-corrected chi connectivity index (χ3v) is 9.17. The van der Waals surface area contributed by atoms with Crippen LogP contribution in [0.3, 0.4) is 0 Å². The quantitative estimate of drug-likeness (QED) is 0.363. The Morgan fingerprint density at radius 1 is 1.05 bits per heavy atom. The van der Waals surface area contributed by atoms with Crippen molar-refractivity contribution in [1.82, 2.24) is 13.9 Å². The summed E-state index contributed by atoms with van der Waals surface area (Å²) in [5, 5.41) is 13.9. The van der Waals surface area contributed by atoms with Crippen molar-refractivity contribution in [3.63, 3.8) is 0 Å². The molecule has 1 saturated carbocycles. The van der Waals surface area contributed by atoms with E-state index in [1.165, 1.54) is 24.5 Å². The molecule has 2 fully saturated rings. The number of aromatic nitrogens is 2. The summed E-state index contributed by atoms with van der Waals surface area (Å²) in [5.41, 5.74) is 2.00. The Balaban J connectivity index is 1.27. The summed E-state index contributed by atoms with van der Waals surface area (Å²) in [6, 6.07) is 21.4. The Kier molecular flexibility index (Phi) is 6.45. The predicted octanol–water partition coefficient (Wildman–Crippen LogP) is 4.60. The van der Waals surface area contributed by atoms with Gasteiger partial charge in [-0.3, -0.25) is 0 Å². The van der Waals surface area contributed by atoms with Crippen LogP contribution in [0.5, 0.6) is 0 Å². The van der Waals surface area contributed by atoms with E-state index in [9.17, 15) is 18.5 Å². The van der Waals surface area contributed by atoms with E-state index in [2.05, 4.69) is 16.4 Å². The lowest BCUT2D eigenvalue weighted by molar-refractivity contribution is 0.102. The third-order valence-electron chi connectivity index (χ3n) is 7.49. The van der Waals surface area contributed by atoms with Gasteiger partial charge < -0.3 is 15.0 Å². The van der Waals surface area contributed by atoms with Gasteiger partial charge in [-0.05, 0) is 42.5 Å². The minimum Gasteiger partial charge on any atom is -0.445 e. The van der Waals surface area contributed by atoms with Crippen LogP contribution in [0.1, 0.15) is 24.0 Å². The molecule has 1 aliphatic carbocycles. The molecule has 0 unspecified atom stereocenters. The molecule has 1 aliphatic heterocycles. The van der Waals surface area contributed by atoms with E-state index < -0.39 is 10.0 Å². The van der Waals surface area contributed by atoms with E-state index in [1.54, 1.807) is 29.2 Å². The van der Waals surface area contributed by atoms with Crippen molar-refractivity contribution >= 4 is 32.8 Å². The predicted molar refractivity (Wildman–Crippen MR) is 145 cm³/mol. The van der Waals surface area contributed by atoms with Gasteiger partial charge in [-0.15, -0.1) is 0 Å². The monoisotopic (exact) mass is 541 g/mol. The van der Waals surface area contributed by atoms with Gasteiger partial charge in [0.25, 0.3) is 10.0 Å². The summed E-state index contributed by atoms with van der Waals surface area (Å²) < 4.78 is 33.4. The van der Waals surface area contributed by atoms with Crippen LogP contribution in [0, 0.1) is 23.2 Å². The van der Waals surface area contributed by atoms with Crippen LogP contribution in [0.4, 0.5) is 10.5 Å². The molecule has 9 nitrogen and oxygen atoms in total. The van der Waals surface area contributed by atoms with Crippen LogP contribution in [0.2, 0.25) is 0 Å². The van der Waals surface area contributed by atoms with Crippen molar-refractivity contribution in [1.29, 1.82) is 5.26 Å². The number of pyridine rings is 1. The Morgan fingerprint density at radius 3 is 2.46 bits per heavy atom. The van der Waals surface area contributed by atoms with Gasteiger partial charge in [0, 0.05) is 42.8 Å². The van der Waals surface area contributed by atoms with Crippen LogP contribution in [-0.4, -0.2) is 47.5 Å². The van der Waals surface area contributed by atoms with E-state index in [4.69, 9.17) is 4.74 Å². The molecular weight excluding hydrogens is 514 g/mol. The van der Waals surface area contributed by atoms with Crippen LogP contribution in [0.15, 0.2) is 84.0 Å². The molecule has 4 aromatic rings. The molecular formula is C29H27N5O4S. The van der Waals surface area contributed by atoms with Gasteiger partial charge >= 0.3 is 6.09 Å². The normalized spacial score (nSPS) is 19.1. The Hall–Kier alpha value is -4.36. The number of nitriles is 1. The molecule has 3 heterocycles. The SMILES string of the molecule is N#Cc1cnc2c(ccn2S(=O)(=O)c2ccccc2)c1N[C@H]1CN(C(=O)OCc2ccccc2)C[C@H]1C1CC1. The minimum absolute atomic E-state index is 0.117. The van der Waals surface area contributed by atoms with Gasteiger partial charge in [-0.25, -0.2) is 22.2 Å². The van der Waals surface area contributed by atoms with Crippen molar-refractivity contribution in [3.05, 3.63) is 90.3 Å². The fourth-order valence-corrected chi connectivity index (χ4v) is 6.65. The molecule has 39 heavy (non-hydrogen) atoms. The smallest absolute Gasteiger partial charge is 0.410 e. The number of likely N-dealkylation sites (tertiary alicyclic amines) is 1. The lowest BCUT2D eigenvalue weighted by Crippen LogP contribution is -2.32. The standard InChI is InChI=1S/C29H27N5O4S/c30-15-22-16-31-28-24(13-14-34(28)39(36,37)23-9-5-2-6-10-23)27(22)32-26-18-33(17-25(26)21-11-12-21)29(35)38-19-20-7-3-1-4-8-20/h1-10,13-14,16,21,25-26H,11-12,17-19H2,(H,31,32)/t25-,26-/m0/s1. The van der Waals surface area contributed by atoms with Crippen LogP contribution < -0.4 is 5.32 Å². The zero-order valence-electron chi connectivity index (χ0n) is 21.1. The number of rotatable bonds is 7. The van der Waals surface area contributed by atoms with E-state index in [0.29, 0.717) is 35.6 Å². The topological polar surface area (TPSA) is 117 Å². The summed E-state index contributed by atoms with van der Waals surface area (Å²) in [5.74, 6) is 0.680. The maximum atomic E-state index is 13.3. The van der Waals surface area contributed by atoms with Gasteiger partial charge in [-0.2, -0.15) is 5.26 Å². The second-order valence-electron chi connectivity index (χ2n) is 10.0. The first-order valence-corrected chi connectivity index (χ1v) is 14.3. The van der Waals surface area contributed by atoms with Crippen molar-refractivity contribution in [2.45, 2.75) is 30.4 Å². The average Bonchev–Trinajstić information content (AvgIpc) is 3.57. The number of carbonyl (C=O) groups is 1. The van der Waals surface area contributed by atoms with Gasteiger partial charge in [0.2, 0.25) is 0 Å². The summed E-state index contributed by atoms with van der Waals surface area (Å²) >= 11 is 0. The molecule has 1 N–H and O–H groups in total. The summed E-state index contributed by atoms with van der Waals surface area (Å²) in [4.78, 5) is 19.1. The summed E-state index contributed by atoms with van der Waals surface area (Å²) in [7, 11) is -3.88. The maximum absolute atomic E-state index is 13.3. The highest BCUT2D eigenvalue weighted by atomic mass is 32.2. The average molecular weight is 542 g/mol. The first-order valence-electron chi connectivity index (χ1n) is 12.9. The lowest BCUT2D eigenvalue weighted by Gasteiger charge is -2.21. The largest absolute Gasteiger partial charge is 0.445 e. The Labute approximate surface area is 226 Å². The highest BCUT2D eigenvalue weighted by molar-refractivity contribution is 7.90. The number of hydrogen-bond donors (Lipinski definition) is 1. The zero-order valence-corrected chi connectivity index (χ0v) is 21.9. The number of hydrogen-bond acceptors (Lipinski definition) is 7. The van der Waals surface area contributed by atoms with E-state index in [1.807, 2.05) is 30.3 Å². The molecule has 2 atom stereocenters. The minimum atomic E-state index is -3.88. The number of ether oxygens (including phenoxy) is 1. The number of amides is 1. The molecule has 2 aromatic heterocycles. The van der Waals surface area contributed by atoms with Crippen molar-refractivity contribution < 1.29 is 17.9 Å². The van der Waals surface area contributed by atoms with E-state index in [-0.39, 0.29) is 35.2 Å². The molecule has 2 aromatic carbocycles. The molecule has 0 bridgehead atoms. The summed E-state index contributed by atoms with van der Waals surface area (Å²) in [6.07, 6.45) is 4.69. The van der Waals surface area contributed by atoms with Crippen LogP contribution >= 0.6 is 0 Å².